The summed E-state index contributed by atoms with van der Waals surface area (Å²) in [5.41, 5.74) is -0.0251. The molecule has 6 nitrogen and oxygen atoms in total. The first kappa shape index (κ1) is 13.5. The van der Waals surface area contributed by atoms with Gasteiger partial charge in [-0.1, -0.05) is 0 Å². The van der Waals surface area contributed by atoms with Crippen molar-refractivity contribution in [2.45, 2.75) is 25.8 Å². The molecule has 3 rings (SSSR count). The van der Waals surface area contributed by atoms with Crippen LogP contribution in [0.3, 0.4) is 0 Å². The standard InChI is InChI=1S/C15H15NO5/c1-9-4-5-12(21-9)11-3-2-6-16(11)14(17)13-7-10(8-20-13)15(18)19/h4-5,7-8,11H,2-3,6H2,1H3,(H,18,19). The quantitative estimate of drug-likeness (QED) is 0.939. The van der Waals surface area contributed by atoms with Crippen LogP contribution in [0.4, 0.5) is 0 Å². The van der Waals surface area contributed by atoms with E-state index in [9.17, 15) is 9.59 Å². The molecule has 110 valence electrons. The zero-order chi connectivity index (χ0) is 15.0. The Morgan fingerprint density at radius 2 is 2.19 bits per heavy atom. The second-order valence-electron chi connectivity index (χ2n) is 5.11. The van der Waals surface area contributed by atoms with Gasteiger partial charge in [0.05, 0.1) is 11.6 Å². The molecule has 1 saturated heterocycles. The van der Waals surface area contributed by atoms with Gasteiger partial charge in [0.1, 0.15) is 17.8 Å². The van der Waals surface area contributed by atoms with Crippen molar-refractivity contribution in [2.24, 2.45) is 0 Å². The molecule has 0 radical (unpaired) electrons. The number of likely N-dealkylation sites (tertiary alicyclic amines) is 1. The molecular weight excluding hydrogens is 274 g/mol. The largest absolute Gasteiger partial charge is 0.478 e. The summed E-state index contributed by atoms with van der Waals surface area (Å²) in [6.07, 6.45) is 2.78. The van der Waals surface area contributed by atoms with E-state index in [0.717, 1.165) is 30.6 Å². The molecular formula is C15H15NO5. The van der Waals surface area contributed by atoms with Gasteiger partial charge in [-0.15, -0.1) is 0 Å². The van der Waals surface area contributed by atoms with Gasteiger partial charge < -0.3 is 18.8 Å². The minimum Gasteiger partial charge on any atom is -0.478 e. The molecule has 0 aliphatic carbocycles. The predicted octanol–water partition coefficient (Wildman–Crippen LogP) is 2.86. The molecule has 1 atom stereocenters. The van der Waals surface area contributed by atoms with Crippen LogP contribution < -0.4 is 0 Å². The van der Waals surface area contributed by atoms with E-state index in [4.69, 9.17) is 13.9 Å². The Balaban J connectivity index is 1.84. The molecule has 1 aliphatic heterocycles. The third kappa shape index (κ3) is 2.44. The van der Waals surface area contributed by atoms with E-state index in [1.54, 1.807) is 4.90 Å². The van der Waals surface area contributed by atoms with Gasteiger partial charge >= 0.3 is 5.97 Å². The van der Waals surface area contributed by atoms with Crippen molar-refractivity contribution in [1.82, 2.24) is 4.90 Å². The highest BCUT2D eigenvalue weighted by Gasteiger charge is 2.34. The normalized spacial score (nSPS) is 18.1. The molecule has 1 fully saturated rings. The summed E-state index contributed by atoms with van der Waals surface area (Å²) >= 11 is 0. The van der Waals surface area contributed by atoms with Gasteiger partial charge in [0, 0.05) is 12.6 Å². The summed E-state index contributed by atoms with van der Waals surface area (Å²) < 4.78 is 10.7. The van der Waals surface area contributed by atoms with Crippen LogP contribution >= 0.6 is 0 Å². The summed E-state index contributed by atoms with van der Waals surface area (Å²) in [7, 11) is 0. The van der Waals surface area contributed by atoms with Crippen LogP contribution in [0.1, 0.15) is 51.3 Å². The third-order valence-corrected chi connectivity index (χ3v) is 3.66. The molecule has 1 N–H and O–H groups in total. The lowest BCUT2D eigenvalue weighted by Gasteiger charge is -2.21. The zero-order valence-corrected chi connectivity index (χ0v) is 11.5. The Morgan fingerprint density at radius 3 is 2.81 bits per heavy atom. The Bertz CT molecular complexity index is 684. The maximum atomic E-state index is 12.5. The number of carboxylic acid groups (broad SMARTS) is 1. The highest BCUT2D eigenvalue weighted by molar-refractivity contribution is 5.95. The number of furan rings is 2. The monoisotopic (exact) mass is 289 g/mol. The highest BCUT2D eigenvalue weighted by atomic mass is 16.4. The first-order valence-electron chi connectivity index (χ1n) is 6.75. The lowest BCUT2D eigenvalue weighted by Crippen LogP contribution is -2.30. The Labute approximate surface area is 121 Å². The summed E-state index contributed by atoms with van der Waals surface area (Å²) in [5, 5.41) is 8.88. The lowest BCUT2D eigenvalue weighted by atomic mass is 10.1. The Morgan fingerprint density at radius 1 is 1.38 bits per heavy atom. The predicted molar refractivity (Wildman–Crippen MR) is 72.1 cm³/mol. The first-order chi connectivity index (χ1) is 10.1. The topological polar surface area (TPSA) is 83.9 Å². The summed E-state index contributed by atoms with van der Waals surface area (Å²) in [6.45, 7) is 2.46. The Kier molecular flexibility index (Phi) is 3.29. The van der Waals surface area contributed by atoms with Gasteiger partial charge in [-0.05, 0) is 31.9 Å². The van der Waals surface area contributed by atoms with Crippen molar-refractivity contribution in [3.05, 3.63) is 47.3 Å². The van der Waals surface area contributed by atoms with Crippen LogP contribution in [-0.4, -0.2) is 28.4 Å². The molecule has 1 unspecified atom stereocenters. The first-order valence-corrected chi connectivity index (χ1v) is 6.75. The van der Waals surface area contributed by atoms with E-state index >= 15 is 0 Å². The average molecular weight is 289 g/mol. The minimum atomic E-state index is -1.11. The van der Waals surface area contributed by atoms with Crippen molar-refractivity contribution in [3.8, 4) is 0 Å². The summed E-state index contributed by atoms with van der Waals surface area (Å²) in [6, 6.07) is 4.87. The van der Waals surface area contributed by atoms with E-state index in [-0.39, 0.29) is 23.3 Å². The fourth-order valence-electron chi connectivity index (χ4n) is 2.64. The van der Waals surface area contributed by atoms with Gasteiger partial charge in [0.15, 0.2) is 5.76 Å². The van der Waals surface area contributed by atoms with Crippen molar-refractivity contribution < 1.29 is 23.5 Å². The lowest BCUT2D eigenvalue weighted by molar-refractivity contribution is 0.0682. The van der Waals surface area contributed by atoms with Crippen LogP contribution in [0.2, 0.25) is 0 Å². The molecule has 0 spiro atoms. The van der Waals surface area contributed by atoms with Gasteiger partial charge in [-0.3, -0.25) is 4.79 Å². The molecule has 0 aromatic carbocycles. The summed E-state index contributed by atoms with van der Waals surface area (Å²) in [5.74, 6) is 0.179. The van der Waals surface area contributed by atoms with Gasteiger partial charge in [0.25, 0.3) is 5.91 Å². The number of amides is 1. The van der Waals surface area contributed by atoms with Crippen molar-refractivity contribution in [1.29, 1.82) is 0 Å². The van der Waals surface area contributed by atoms with Crippen molar-refractivity contribution >= 4 is 11.9 Å². The second kappa shape index (κ2) is 5.12. The minimum absolute atomic E-state index is 0.0251. The number of aryl methyl sites for hydroxylation is 1. The van der Waals surface area contributed by atoms with E-state index in [1.807, 2.05) is 19.1 Å². The molecule has 3 heterocycles. The number of carbonyl (C=O) groups excluding carboxylic acids is 1. The van der Waals surface area contributed by atoms with Crippen LogP contribution in [0.5, 0.6) is 0 Å². The molecule has 1 amide bonds. The highest BCUT2D eigenvalue weighted by Crippen LogP contribution is 2.34. The maximum Gasteiger partial charge on any atom is 0.338 e. The number of hydrogen-bond donors (Lipinski definition) is 1. The molecule has 21 heavy (non-hydrogen) atoms. The second-order valence-corrected chi connectivity index (χ2v) is 5.11. The van der Waals surface area contributed by atoms with Crippen LogP contribution in [0, 0.1) is 6.92 Å². The molecule has 0 saturated carbocycles. The number of carboxylic acids is 1. The smallest absolute Gasteiger partial charge is 0.338 e. The fraction of sp³-hybridized carbons (Fsp3) is 0.333. The Hall–Kier alpha value is -2.50. The van der Waals surface area contributed by atoms with Gasteiger partial charge in [-0.2, -0.15) is 0 Å². The molecule has 2 aromatic heterocycles. The molecule has 6 heteroatoms. The van der Waals surface area contributed by atoms with Crippen molar-refractivity contribution in [3.63, 3.8) is 0 Å². The molecule has 1 aliphatic rings. The zero-order valence-electron chi connectivity index (χ0n) is 11.5. The van der Waals surface area contributed by atoms with E-state index < -0.39 is 5.97 Å². The molecule has 0 bridgehead atoms. The van der Waals surface area contributed by atoms with Crippen LogP contribution in [0.25, 0.3) is 0 Å². The van der Waals surface area contributed by atoms with Gasteiger partial charge in [-0.25, -0.2) is 4.79 Å². The van der Waals surface area contributed by atoms with Gasteiger partial charge in [0.2, 0.25) is 0 Å². The summed E-state index contributed by atoms with van der Waals surface area (Å²) in [4.78, 5) is 25.0. The SMILES string of the molecule is Cc1ccc(C2CCCN2C(=O)c2cc(C(=O)O)co2)o1. The van der Waals surface area contributed by atoms with E-state index in [1.165, 1.54) is 6.07 Å². The number of rotatable bonds is 3. The third-order valence-electron chi connectivity index (χ3n) is 3.66. The number of nitrogens with zero attached hydrogens (tertiary/aromatic N) is 1. The number of carbonyl (C=O) groups is 2. The van der Waals surface area contributed by atoms with E-state index in [2.05, 4.69) is 0 Å². The molecule has 2 aromatic rings. The van der Waals surface area contributed by atoms with Crippen LogP contribution in [0.15, 0.2) is 33.3 Å². The van der Waals surface area contributed by atoms with Crippen LogP contribution in [-0.2, 0) is 0 Å². The number of hydrogen-bond acceptors (Lipinski definition) is 4. The average Bonchev–Trinajstić information content (AvgIpc) is 3.17. The van der Waals surface area contributed by atoms with Crippen molar-refractivity contribution in [2.75, 3.05) is 6.54 Å². The fourth-order valence-corrected chi connectivity index (χ4v) is 2.64. The van der Waals surface area contributed by atoms with E-state index in [0.29, 0.717) is 6.54 Å². The number of aromatic carboxylic acids is 1. The maximum absolute atomic E-state index is 12.5.